The maximum Gasteiger partial charge on any atom is 0.260 e. The number of rotatable bonds is 7. The minimum absolute atomic E-state index is 0.00439. The third-order valence-electron chi connectivity index (χ3n) is 8.83. The number of aliphatic hydroxyl groups excluding tert-OH is 1. The Kier molecular flexibility index (Phi) is 8.15. The summed E-state index contributed by atoms with van der Waals surface area (Å²) in [6.45, 7) is 5.45. The molecule has 2 aromatic carbocycles. The second kappa shape index (κ2) is 11.5. The Hall–Kier alpha value is -2.45. The highest BCUT2D eigenvalue weighted by Crippen LogP contribution is 2.52. The van der Waals surface area contributed by atoms with Gasteiger partial charge in [0.1, 0.15) is 5.75 Å². The number of carbonyl (C=O) groups is 1. The van der Waals surface area contributed by atoms with Crippen molar-refractivity contribution in [2.45, 2.75) is 63.4 Å². The zero-order valence-corrected chi connectivity index (χ0v) is 22.1. The van der Waals surface area contributed by atoms with Gasteiger partial charge in [-0.1, -0.05) is 55.8 Å². The van der Waals surface area contributed by atoms with E-state index in [2.05, 4.69) is 54.5 Å². The third-order valence-corrected chi connectivity index (χ3v) is 8.83. The average Bonchev–Trinajstić information content (AvgIpc) is 3.13. The number of likely N-dealkylation sites (tertiary alicyclic amines) is 1. The second-order valence-corrected chi connectivity index (χ2v) is 11.1. The molecule has 37 heavy (non-hydrogen) atoms. The maximum atomic E-state index is 12.3. The number of amides is 1. The second-order valence-electron chi connectivity index (χ2n) is 11.1. The number of morpholine rings is 1. The van der Waals surface area contributed by atoms with E-state index >= 15 is 0 Å². The van der Waals surface area contributed by atoms with Gasteiger partial charge in [-0.15, -0.1) is 0 Å². The fourth-order valence-electron chi connectivity index (χ4n) is 6.62. The number of hydrogen-bond acceptors (Lipinski definition) is 6. The summed E-state index contributed by atoms with van der Waals surface area (Å²) < 4.78 is 11.0. The normalized spacial score (nSPS) is 30.5. The van der Waals surface area contributed by atoms with Crippen LogP contribution in [0.5, 0.6) is 5.75 Å². The fraction of sp³-hybridized carbons (Fsp3) is 0.567. The van der Waals surface area contributed by atoms with Gasteiger partial charge in [0.25, 0.3) is 5.91 Å². The average molecular weight is 508 g/mol. The van der Waals surface area contributed by atoms with Crippen molar-refractivity contribution in [3.05, 3.63) is 65.7 Å². The molecule has 200 valence electrons. The van der Waals surface area contributed by atoms with Gasteiger partial charge in [0.15, 0.2) is 6.61 Å². The molecule has 2 N–H and O–H groups in total. The van der Waals surface area contributed by atoms with E-state index in [-0.39, 0.29) is 24.0 Å². The summed E-state index contributed by atoms with van der Waals surface area (Å²) in [6.07, 6.45) is 3.74. The summed E-state index contributed by atoms with van der Waals surface area (Å²) in [4.78, 5) is 16.6. The van der Waals surface area contributed by atoms with Crippen LogP contribution in [0.15, 0.2) is 54.6 Å². The molecule has 0 radical (unpaired) electrons. The highest BCUT2D eigenvalue weighted by molar-refractivity contribution is 5.77. The van der Waals surface area contributed by atoms with Gasteiger partial charge < -0.3 is 24.8 Å². The molecule has 2 heterocycles. The molecule has 2 aliphatic heterocycles. The van der Waals surface area contributed by atoms with E-state index in [0.717, 1.165) is 31.2 Å². The maximum absolute atomic E-state index is 12.3. The van der Waals surface area contributed by atoms with Crippen LogP contribution in [0, 0.1) is 5.41 Å². The zero-order chi connectivity index (χ0) is 25.8. The van der Waals surface area contributed by atoms with E-state index < -0.39 is 6.10 Å². The number of nitrogens with zero attached hydrogens (tertiary/aromatic N) is 2. The first-order chi connectivity index (χ1) is 18.0. The first-order valence-corrected chi connectivity index (χ1v) is 13.7. The highest BCUT2D eigenvalue weighted by atomic mass is 16.5. The van der Waals surface area contributed by atoms with E-state index in [1.165, 1.54) is 5.56 Å². The number of fused-ring (bicyclic) bond motifs is 1. The highest BCUT2D eigenvalue weighted by Gasteiger charge is 2.54. The van der Waals surface area contributed by atoms with Crippen LogP contribution >= 0.6 is 0 Å². The molecule has 2 aromatic rings. The summed E-state index contributed by atoms with van der Waals surface area (Å²) in [6, 6.07) is 19.4. The molecule has 1 saturated carbocycles. The van der Waals surface area contributed by atoms with Crippen molar-refractivity contribution in [3.63, 3.8) is 0 Å². The Morgan fingerprint density at radius 3 is 2.57 bits per heavy atom. The van der Waals surface area contributed by atoms with Gasteiger partial charge in [-0.05, 0) is 49.6 Å². The molecule has 7 nitrogen and oxygen atoms in total. The number of carbonyl (C=O) groups excluding carboxylic acids is 1. The van der Waals surface area contributed by atoms with Crippen LogP contribution in [0.4, 0.5) is 0 Å². The van der Waals surface area contributed by atoms with Crippen molar-refractivity contribution in [2.24, 2.45) is 5.41 Å². The predicted octanol–water partition coefficient (Wildman–Crippen LogP) is 3.38. The van der Waals surface area contributed by atoms with E-state index in [1.807, 2.05) is 24.3 Å². The molecule has 0 bridgehead atoms. The zero-order valence-electron chi connectivity index (χ0n) is 22.1. The standard InChI is InChI=1S/C30H41N3O4/c1-30-19-26(23-7-4-3-5-8-23)32(2)27(30)10-6-9-25(29(30)35)31-20-22-11-13-24(14-12-22)37-21-28(34)33-15-17-36-18-16-33/h3-5,7-8,11-14,25-27,29,31,35H,6,9-10,15-21H2,1-2H3/t25-,26-,27-,29+,30-/m1/s1. The molecule has 5 rings (SSSR count). The summed E-state index contributed by atoms with van der Waals surface area (Å²) in [5.41, 5.74) is 2.31. The molecule has 0 spiro atoms. The monoisotopic (exact) mass is 507 g/mol. The van der Waals surface area contributed by atoms with Gasteiger partial charge in [0, 0.05) is 43.2 Å². The lowest BCUT2D eigenvalue weighted by Crippen LogP contribution is -2.51. The van der Waals surface area contributed by atoms with Gasteiger partial charge >= 0.3 is 0 Å². The van der Waals surface area contributed by atoms with Gasteiger partial charge in [0.05, 0.1) is 19.3 Å². The predicted molar refractivity (Wildman–Crippen MR) is 143 cm³/mol. The SMILES string of the molecule is CN1[C@@H](c2ccccc2)C[C@@]2(C)[C@@H](O)[C@H](NCc3ccc(OCC(=O)N4CCOCC4)cc3)CCC[C@@H]12. The smallest absolute Gasteiger partial charge is 0.260 e. The molecular formula is C30H41N3O4. The van der Waals surface area contributed by atoms with Crippen LogP contribution < -0.4 is 10.1 Å². The van der Waals surface area contributed by atoms with Crippen LogP contribution in [0.25, 0.3) is 0 Å². The van der Waals surface area contributed by atoms with Gasteiger partial charge in [-0.25, -0.2) is 0 Å². The topological polar surface area (TPSA) is 74.3 Å². The molecule has 1 amide bonds. The molecule has 0 unspecified atom stereocenters. The van der Waals surface area contributed by atoms with Crippen molar-refractivity contribution in [3.8, 4) is 5.75 Å². The van der Waals surface area contributed by atoms with E-state index in [9.17, 15) is 9.90 Å². The number of aliphatic hydroxyl groups is 1. The van der Waals surface area contributed by atoms with Gasteiger partial charge in [0.2, 0.25) is 0 Å². The van der Waals surface area contributed by atoms with Crippen LogP contribution in [0.3, 0.4) is 0 Å². The van der Waals surface area contributed by atoms with Gasteiger partial charge in [-0.3, -0.25) is 9.69 Å². The minimum atomic E-state index is -0.412. The lowest BCUT2D eigenvalue weighted by molar-refractivity contribution is -0.137. The van der Waals surface area contributed by atoms with Crippen LogP contribution in [-0.4, -0.2) is 79.0 Å². The Balaban J connectivity index is 1.16. The van der Waals surface area contributed by atoms with Crippen LogP contribution in [0.2, 0.25) is 0 Å². The molecule has 7 heteroatoms. The van der Waals surface area contributed by atoms with Crippen molar-refractivity contribution in [1.29, 1.82) is 0 Å². The molecule has 0 aromatic heterocycles. The van der Waals surface area contributed by atoms with Crippen molar-refractivity contribution < 1.29 is 19.4 Å². The Morgan fingerprint density at radius 2 is 1.84 bits per heavy atom. The summed E-state index contributed by atoms with van der Waals surface area (Å²) in [5.74, 6) is 0.686. The number of ether oxygens (including phenoxy) is 2. The molecule has 5 atom stereocenters. The molecule has 3 fully saturated rings. The van der Waals surface area contributed by atoms with E-state index in [1.54, 1.807) is 4.90 Å². The first kappa shape index (κ1) is 26.2. The van der Waals surface area contributed by atoms with Crippen molar-refractivity contribution in [1.82, 2.24) is 15.1 Å². The van der Waals surface area contributed by atoms with Gasteiger partial charge in [-0.2, -0.15) is 0 Å². The first-order valence-electron chi connectivity index (χ1n) is 13.7. The summed E-state index contributed by atoms with van der Waals surface area (Å²) in [7, 11) is 2.23. The summed E-state index contributed by atoms with van der Waals surface area (Å²) >= 11 is 0. The lowest BCUT2D eigenvalue weighted by Gasteiger charge is -2.39. The summed E-state index contributed by atoms with van der Waals surface area (Å²) in [5, 5.41) is 15.3. The lowest BCUT2D eigenvalue weighted by atomic mass is 9.74. The largest absolute Gasteiger partial charge is 0.484 e. The molecular weight excluding hydrogens is 466 g/mol. The fourth-order valence-corrected chi connectivity index (χ4v) is 6.62. The number of benzene rings is 2. The van der Waals surface area contributed by atoms with Crippen LogP contribution in [-0.2, 0) is 16.1 Å². The van der Waals surface area contributed by atoms with E-state index in [4.69, 9.17) is 9.47 Å². The minimum Gasteiger partial charge on any atom is -0.484 e. The molecule has 3 aliphatic rings. The number of nitrogens with one attached hydrogen (secondary N) is 1. The Labute approximate surface area is 220 Å². The molecule has 1 aliphatic carbocycles. The quantitative estimate of drug-likeness (QED) is 0.599. The Morgan fingerprint density at radius 1 is 1.11 bits per heavy atom. The van der Waals surface area contributed by atoms with Crippen LogP contribution in [0.1, 0.15) is 49.8 Å². The third kappa shape index (κ3) is 5.70. The van der Waals surface area contributed by atoms with Crippen molar-refractivity contribution in [2.75, 3.05) is 40.0 Å². The van der Waals surface area contributed by atoms with Crippen molar-refractivity contribution >= 4 is 5.91 Å². The number of hydrogen-bond donors (Lipinski definition) is 2. The molecule has 2 saturated heterocycles. The van der Waals surface area contributed by atoms with E-state index in [0.29, 0.717) is 50.7 Å². The Bertz CT molecular complexity index is 1030.